The number of amides is 2. The van der Waals surface area contributed by atoms with Gasteiger partial charge in [-0.2, -0.15) is 5.10 Å². The van der Waals surface area contributed by atoms with Crippen LogP contribution in [0.4, 0.5) is 0 Å². The lowest BCUT2D eigenvalue weighted by molar-refractivity contribution is -0.145. The zero-order valence-corrected chi connectivity index (χ0v) is 16.5. The number of aryl methyl sites for hydroxylation is 1. The van der Waals surface area contributed by atoms with E-state index in [9.17, 15) is 9.59 Å². The Kier molecular flexibility index (Phi) is 5.85. The number of rotatable bonds is 5. The van der Waals surface area contributed by atoms with Crippen LogP contribution in [0.15, 0.2) is 42.7 Å². The number of benzene rings is 1. The second-order valence-electron chi connectivity index (χ2n) is 7.15. The van der Waals surface area contributed by atoms with Crippen molar-refractivity contribution in [3.8, 4) is 0 Å². The molecule has 0 bridgehead atoms. The molecule has 1 aliphatic rings. The van der Waals surface area contributed by atoms with Gasteiger partial charge in [0, 0.05) is 51.0 Å². The van der Waals surface area contributed by atoms with E-state index in [2.05, 4.69) is 5.10 Å². The molecule has 0 saturated carbocycles. The first-order valence-electron chi connectivity index (χ1n) is 9.17. The first-order valence-corrected chi connectivity index (χ1v) is 9.55. The molecule has 1 aliphatic heterocycles. The summed E-state index contributed by atoms with van der Waals surface area (Å²) in [5.41, 5.74) is 0.269. The van der Waals surface area contributed by atoms with Crippen molar-refractivity contribution in [3.63, 3.8) is 0 Å². The summed E-state index contributed by atoms with van der Waals surface area (Å²) in [6, 6.07) is 9.43. The molecule has 2 amide bonds. The van der Waals surface area contributed by atoms with Gasteiger partial charge in [0.25, 0.3) is 0 Å². The van der Waals surface area contributed by atoms with Gasteiger partial charge in [-0.3, -0.25) is 14.3 Å². The zero-order valence-electron chi connectivity index (χ0n) is 15.8. The smallest absolute Gasteiger partial charge is 0.250 e. The zero-order chi connectivity index (χ0) is 19.4. The maximum Gasteiger partial charge on any atom is 0.250 e. The highest BCUT2D eigenvalue weighted by Crippen LogP contribution is 2.32. The summed E-state index contributed by atoms with van der Waals surface area (Å²) < 4.78 is 1.75. The van der Waals surface area contributed by atoms with E-state index in [1.165, 1.54) is 0 Å². The van der Waals surface area contributed by atoms with E-state index in [-0.39, 0.29) is 11.8 Å². The van der Waals surface area contributed by atoms with Crippen LogP contribution in [-0.4, -0.2) is 58.6 Å². The van der Waals surface area contributed by atoms with Gasteiger partial charge >= 0.3 is 0 Å². The third-order valence-electron chi connectivity index (χ3n) is 5.26. The molecule has 1 fully saturated rings. The van der Waals surface area contributed by atoms with E-state index >= 15 is 0 Å². The number of hydrogen-bond acceptors (Lipinski definition) is 3. The molecule has 0 atom stereocenters. The standard InChI is InChI=1S/C20H25ClN4O2/c1-23(2)19(27)20(25-13-5-12-22-25)10-14-24(15-11-20)18(26)9-8-16-6-3-4-7-17(16)21/h3-7,12-13H,8-11,14-15H2,1-2H3. The minimum Gasteiger partial charge on any atom is -0.347 e. The minimum absolute atomic E-state index is 0.0226. The molecule has 6 nitrogen and oxygen atoms in total. The van der Waals surface area contributed by atoms with Gasteiger partial charge in [-0.05, 0) is 37.0 Å². The highest BCUT2D eigenvalue weighted by atomic mass is 35.5. The lowest BCUT2D eigenvalue weighted by Gasteiger charge is -2.42. The number of aromatic nitrogens is 2. The van der Waals surface area contributed by atoms with Crippen LogP contribution in [0.5, 0.6) is 0 Å². The summed E-state index contributed by atoms with van der Waals surface area (Å²) in [5, 5.41) is 5.02. The molecular weight excluding hydrogens is 364 g/mol. The number of carbonyl (C=O) groups is 2. The van der Waals surface area contributed by atoms with Crippen molar-refractivity contribution in [1.82, 2.24) is 19.6 Å². The van der Waals surface area contributed by atoms with E-state index in [1.807, 2.05) is 41.4 Å². The molecule has 2 heterocycles. The molecule has 1 aromatic carbocycles. The molecule has 7 heteroatoms. The van der Waals surface area contributed by atoms with Crippen molar-refractivity contribution in [2.24, 2.45) is 0 Å². The van der Waals surface area contributed by atoms with Crippen molar-refractivity contribution in [2.75, 3.05) is 27.2 Å². The van der Waals surface area contributed by atoms with Gasteiger partial charge in [-0.25, -0.2) is 0 Å². The van der Waals surface area contributed by atoms with Crippen LogP contribution in [0.3, 0.4) is 0 Å². The van der Waals surface area contributed by atoms with Crippen LogP contribution in [0, 0.1) is 0 Å². The molecule has 27 heavy (non-hydrogen) atoms. The predicted molar refractivity (Wildman–Crippen MR) is 104 cm³/mol. The normalized spacial score (nSPS) is 16.2. The topological polar surface area (TPSA) is 58.4 Å². The van der Waals surface area contributed by atoms with Gasteiger partial charge < -0.3 is 9.80 Å². The Morgan fingerprint density at radius 3 is 2.48 bits per heavy atom. The van der Waals surface area contributed by atoms with Gasteiger partial charge in [-0.15, -0.1) is 0 Å². The molecule has 2 aromatic rings. The maximum atomic E-state index is 12.9. The fraction of sp³-hybridized carbons (Fsp3) is 0.450. The summed E-state index contributed by atoms with van der Waals surface area (Å²) in [5.74, 6) is 0.121. The average Bonchev–Trinajstić information content (AvgIpc) is 3.22. The van der Waals surface area contributed by atoms with Gasteiger partial charge in [0.05, 0.1) is 0 Å². The summed E-state index contributed by atoms with van der Waals surface area (Å²) >= 11 is 6.18. The molecule has 0 radical (unpaired) electrons. The van der Waals surface area contributed by atoms with E-state index in [1.54, 1.807) is 29.9 Å². The Bertz CT molecular complexity index is 796. The largest absolute Gasteiger partial charge is 0.347 e. The van der Waals surface area contributed by atoms with Crippen LogP contribution in [-0.2, 0) is 21.5 Å². The molecule has 3 rings (SSSR count). The van der Waals surface area contributed by atoms with E-state index < -0.39 is 5.54 Å². The Morgan fingerprint density at radius 1 is 1.19 bits per heavy atom. The molecule has 0 unspecified atom stereocenters. The van der Waals surface area contributed by atoms with Crippen molar-refractivity contribution < 1.29 is 9.59 Å². The van der Waals surface area contributed by atoms with Crippen molar-refractivity contribution >= 4 is 23.4 Å². The molecule has 1 aromatic heterocycles. The number of halogens is 1. The first-order chi connectivity index (χ1) is 12.9. The van der Waals surface area contributed by atoms with Gasteiger partial charge in [0.1, 0.15) is 5.54 Å². The quantitative estimate of drug-likeness (QED) is 0.791. The highest BCUT2D eigenvalue weighted by Gasteiger charge is 2.45. The van der Waals surface area contributed by atoms with Crippen LogP contribution in [0.1, 0.15) is 24.8 Å². The third-order valence-corrected chi connectivity index (χ3v) is 5.63. The van der Waals surface area contributed by atoms with E-state index in [4.69, 9.17) is 11.6 Å². The summed E-state index contributed by atoms with van der Waals surface area (Å²) in [7, 11) is 3.52. The van der Waals surface area contributed by atoms with Gasteiger partial charge in [0.2, 0.25) is 11.8 Å². The van der Waals surface area contributed by atoms with Crippen LogP contribution in [0.2, 0.25) is 5.02 Å². The van der Waals surface area contributed by atoms with Crippen LogP contribution < -0.4 is 0 Å². The maximum absolute atomic E-state index is 12.9. The SMILES string of the molecule is CN(C)C(=O)C1(n2cccn2)CCN(C(=O)CCc2ccccc2Cl)CC1. The van der Waals surface area contributed by atoms with Gasteiger partial charge in [0.15, 0.2) is 0 Å². The minimum atomic E-state index is -0.716. The number of nitrogens with zero attached hydrogens (tertiary/aromatic N) is 4. The number of piperidine rings is 1. The summed E-state index contributed by atoms with van der Waals surface area (Å²) in [6.07, 6.45) is 5.67. The summed E-state index contributed by atoms with van der Waals surface area (Å²) in [6.45, 7) is 1.08. The first kappa shape index (κ1) is 19.4. The molecule has 1 saturated heterocycles. The van der Waals surface area contributed by atoms with E-state index in [0.717, 1.165) is 5.56 Å². The monoisotopic (exact) mass is 388 g/mol. The molecule has 0 aliphatic carbocycles. The van der Waals surface area contributed by atoms with Crippen molar-refractivity contribution in [1.29, 1.82) is 0 Å². The van der Waals surface area contributed by atoms with Gasteiger partial charge in [-0.1, -0.05) is 29.8 Å². The van der Waals surface area contributed by atoms with Crippen molar-refractivity contribution in [3.05, 3.63) is 53.3 Å². The lowest BCUT2D eigenvalue weighted by Crippen LogP contribution is -2.55. The second-order valence-corrected chi connectivity index (χ2v) is 7.56. The fourth-order valence-electron chi connectivity index (χ4n) is 3.71. The Hall–Kier alpha value is -2.34. The molecule has 0 spiro atoms. The average molecular weight is 389 g/mol. The number of carbonyl (C=O) groups excluding carboxylic acids is 2. The Morgan fingerprint density at radius 2 is 1.89 bits per heavy atom. The second kappa shape index (κ2) is 8.13. The van der Waals surface area contributed by atoms with Crippen molar-refractivity contribution in [2.45, 2.75) is 31.2 Å². The Balaban J connectivity index is 1.65. The number of likely N-dealkylation sites (tertiary alicyclic amines) is 1. The highest BCUT2D eigenvalue weighted by molar-refractivity contribution is 6.31. The molecule has 144 valence electrons. The molecule has 0 N–H and O–H groups in total. The fourth-order valence-corrected chi connectivity index (χ4v) is 3.94. The number of hydrogen-bond donors (Lipinski definition) is 0. The summed E-state index contributed by atoms with van der Waals surface area (Å²) in [4.78, 5) is 29.0. The lowest BCUT2D eigenvalue weighted by atomic mass is 9.86. The molecular formula is C20H25ClN4O2. The third kappa shape index (κ3) is 4.00. The number of likely N-dealkylation sites (N-methyl/N-ethyl adjacent to an activating group) is 1. The van der Waals surface area contributed by atoms with Crippen LogP contribution in [0.25, 0.3) is 0 Å². The Labute approximate surface area is 164 Å². The van der Waals surface area contributed by atoms with E-state index in [0.29, 0.717) is 43.8 Å². The van der Waals surface area contributed by atoms with Crippen LogP contribution >= 0.6 is 11.6 Å². The predicted octanol–water partition coefficient (Wildman–Crippen LogP) is 2.58.